The van der Waals surface area contributed by atoms with Crippen LogP contribution in [0, 0.1) is 0 Å². The van der Waals surface area contributed by atoms with Gasteiger partial charge in [-0.1, -0.05) is 23.7 Å². The number of hydrogen-bond acceptors (Lipinski definition) is 3. The van der Waals surface area contributed by atoms with E-state index in [2.05, 4.69) is 17.0 Å². The monoisotopic (exact) mass is 357 g/mol. The fraction of sp³-hybridized carbons (Fsp3) is 0.312. The summed E-state index contributed by atoms with van der Waals surface area (Å²) in [5.41, 5.74) is 2.46. The zero-order chi connectivity index (χ0) is 14.8. The highest BCUT2D eigenvalue weighted by atomic mass is 35.5. The number of rotatable bonds is 3. The summed E-state index contributed by atoms with van der Waals surface area (Å²) in [6.45, 7) is 2.85. The third kappa shape index (κ3) is 4.02. The Labute approximate surface area is 144 Å². The lowest BCUT2D eigenvalue weighted by molar-refractivity contribution is 0.0702. The van der Waals surface area contributed by atoms with Crippen molar-refractivity contribution >= 4 is 41.3 Å². The highest BCUT2D eigenvalue weighted by Crippen LogP contribution is 2.26. The molecule has 0 bridgehead atoms. The Kier molecular flexibility index (Phi) is 5.87. The van der Waals surface area contributed by atoms with Gasteiger partial charge in [-0.3, -0.25) is 4.90 Å². The van der Waals surface area contributed by atoms with Crippen LogP contribution in [-0.2, 0) is 19.4 Å². The molecule has 1 N–H and O–H groups in total. The Bertz CT molecular complexity index is 629. The topological polar surface area (TPSA) is 40.5 Å². The summed E-state index contributed by atoms with van der Waals surface area (Å²) in [5.74, 6) is -0.814. The van der Waals surface area contributed by atoms with Gasteiger partial charge in [0.1, 0.15) is 4.88 Å². The van der Waals surface area contributed by atoms with Crippen LogP contribution in [0.2, 0.25) is 5.02 Å². The number of aromatic carboxylic acids is 1. The summed E-state index contributed by atoms with van der Waals surface area (Å²) in [5, 5.41) is 9.82. The maximum atomic E-state index is 11.0. The van der Waals surface area contributed by atoms with E-state index in [1.807, 2.05) is 18.2 Å². The first-order chi connectivity index (χ1) is 10.1. The van der Waals surface area contributed by atoms with E-state index in [1.54, 1.807) is 0 Å². The molecule has 0 unspecified atom stereocenters. The van der Waals surface area contributed by atoms with Crippen LogP contribution in [0.3, 0.4) is 0 Å². The molecule has 0 amide bonds. The van der Waals surface area contributed by atoms with E-state index in [0.29, 0.717) is 4.88 Å². The molecule has 1 aliphatic heterocycles. The first-order valence-electron chi connectivity index (χ1n) is 6.93. The smallest absolute Gasteiger partial charge is 0.345 e. The average molecular weight is 358 g/mol. The zero-order valence-corrected chi connectivity index (χ0v) is 14.3. The Morgan fingerprint density at radius 2 is 1.91 bits per heavy atom. The molecule has 0 spiro atoms. The standard InChI is InChI=1S/C16H16ClNO2S.ClH/c17-13-3-1-11(2-4-13)10-18-7-5-12-9-15(16(19)20)21-14(12)6-8-18;/h1-4,9H,5-8,10H2,(H,19,20);1H. The van der Waals surface area contributed by atoms with Crippen LogP contribution < -0.4 is 0 Å². The molecular formula is C16H17Cl2NO2S. The Balaban J connectivity index is 0.00000176. The zero-order valence-electron chi connectivity index (χ0n) is 11.9. The van der Waals surface area contributed by atoms with Crippen molar-refractivity contribution in [2.45, 2.75) is 19.4 Å². The van der Waals surface area contributed by atoms with E-state index < -0.39 is 5.97 Å². The number of carboxylic acid groups (broad SMARTS) is 1. The minimum Gasteiger partial charge on any atom is -0.477 e. The number of carbonyl (C=O) groups is 1. The lowest BCUT2D eigenvalue weighted by Gasteiger charge is -2.19. The summed E-state index contributed by atoms with van der Waals surface area (Å²) in [6.07, 6.45) is 1.85. The summed E-state index contributed by atoms with van der Waals surface area (Å²) < 4.78 is 0. The van der Waals surface area contributed by atoms with Crippen molar-refractivity contribution in [1.29, 1.82) is 0 Å². The molecule has 0 saturated carbocycles. The van der Waals surface area contributed by atoms with Gasteiger partial charge in [0.25, 0.3) is 0 Å². The number of fused-ring (bicyclic) bond motifs is 1. The quantitative estimate of drug-likeness (QED) is 0.897. The molecule has 0 saturated heterocycles. The summed E-state index contributed by atoms with van der Waals surface area (Å²) in [4.78, 5) is 15.1. The van der Waals surface area contributed by atoms with Gasteiger partial charge in [0.05, 0.1) is 0 Å². The van der Waals surface area contributed by atoms with Crippen LogP contribution in [0.15, 0.2) is 30.3 Å². The number of nitrogens with zero attached hydrogens (tertiary/aromatic N) is 1. The van der Waals surface area contributed by atoms with E-state index in [4.69, 9.17) is 16.7 Å². The highest BCUT2D eigenvalue weighted by molar-refractivity contribution is 7.14. The second-order valence-corrected chi connectivity index (χ2v) is 6.84. The SMILES string of the molecule is Cl.O=C(O)c1cc2c(s1)CCN(Cc1ccc(Cl)cc1)CC2. The molecule has 1 aromatic carbocycles. The summed E-state index contributed by atoms with van der Waals surface area (Å²) in [6, 6.07) is 9.81. The molecule has 1 aromatic heterocycles. The molecule has 6 heteroatoms. The van der Waals surface area contributed by atoms with Crippen molar-refractivity contribution < 1.29 is 9.90 Å². The van der Waals surface area contributed by atoms with Crippen molar-refractivity contribution in [2.24, 2.45) is 0 Å². The molecule has 2 aromatic rings. The van der Waals surface area contributed by atoms with Crippen molar-refractivity contribution in [3.05, 3.63) is 56.2 Å². The van der Waals surface area contributed by atoms with Gasteiger partial charge in [0.15, 0.2) is 0 Å². The normalized spacial score (nSPS) is 14.8. The molecular weight excluding hydrogens is 341 g/mol. The van der Waals surface area contributed by atoms with Gasteiger partial charge in [-0.05, 0) is 42.2 Å². The van der Waals surface area contributed by atoms with Crippen molar-refractivity contribution in [1.82, 2.24) is 4.90 Å². The van der Waals surface area contributed by atoms with Gasteiger partial charge in [-0.2, -0.15) is 0 Å². The fourth-order valence-electron chi connectivity index (χ4n) is 2.65. The third-order valence-electron chi connectivity index (χ3n) is 3.78. The number of hydrogen-bond donors (Lipinski definition) is 1. The van der Waals surface area contributed by atoms with Crippen LogP contribution in [-0.4, -0.2) is 29.1 Å². The number of halogens is 2. The molecule has 0 radical (unpaired) electrons. The number of thiophene rings is 1. The molecule has 2 heterocycles. The first-order valence-corrected chi connectivity index (χ1v) is 8.13. The van der Waals surface area contributed by atoms with Crippen molar-refractivity contribution in [3.8, 4) is 0 Å². The maximum absolute atomic E-state index is 11.0. The maximum Gasteiger partial charge on any atom is 0.345 e. The van der Waals surface area contributed by atoms with Crippen LogP contribution in [0.25, 0.3) is 0 Å². The first kappa shape index (κ1) is 17.3. The Morgan fingerprint density at radius 3 is 2.59 bits per heavy atom. The summed E-state index contributed by atoms with van der Waals surface area (Å²) >= 11 is 7.33. The highest BCUT2D eigenvalue weighted by Gasteiger charge is 2.19. The number of benzene rings is 1. The number of carboxylic acids is 1. The lowest BCUT2D eigenvalue weighted by atomic mass is 10.1. The van der Waals surface area contributed by atoms with Crippen molar-refractivity contribution in [3.63, 3.8) is 0 Å². The lowest BCUT2D eigenvalue weighted by Crippen LogP contribution is -2.25. The van der Waals surface area contributed by atoms with E-state index in [9.17, 15) is 4.79 Å². The molecule has 3 rings (SSSR count). The van der Waals surface area contributed by atoms with Gasteiger partial charge < -0.3 is 5.11 Å². The predicted octanol–water partition coefficient (Wildman–Crippen LogP) is 4.12. The second kappa shape index (κ2) is 7.47. The average Bonchev–Trinajstić information content (AvgIpc) is 2.79. The van der Waals surface area contributed by atoms with Crippen LogP contribution in [0.4, 0.5) is 0 Å². The second-order valence-electron chi connectivity index (χ2n) is 5.27. The molecule has 0 fully saturated rings. The minimum absolute atomic E-state index is 0. The van der Waals surface area contributed by atoms with Gasteiger partial charge in [-0.25, -0.2) is 4.79 Å². The van der Waals surface area contributed by atoms with Gasteiger partial charge >= 0.3 is 5.97 Å². The Hall–Kier alpha value is -1.07. The fourth-order valence-corrected chi connectivity index (χ4v) is 3.82. The van der Waals surface area contributed by atoms with Crippen LogP contribution in [0.1, 0.15) is 25.7 Å². The molecule has 118 valence electrons. The van der Waals surface area contributed by atoms with E-state index in [0.717, 1.165) is 37.5 Å². The minimum atomic E-state index is -0.814. The predicted molar refractivity (Wildman–Crippen MR) is 92.7 cm³/mol. The van der Waals surface area contributed by atoms with Gasteiger partial charge in [-0.15, -0.1) is 23.7 Å². The Morgan fingerprint density at radius 1 is 1.23 bits per heavy atom. The third-order valence-corrected chi connectivity index (χ3v) is 5.26. The van der Waals surface area contributed by atoms with Crippen LogP contribution >= 0.6 is 35.3 Å². The van der Waals surface area contributed by atoms with E-state index in [1.165, 1.54) is 27.3 Å². The molecule has 0 aliphatic carbocycles. The van der Waals surface area contributed by atoms with Gasteiger partial charge in [0, 0.05) is 29.5 Å². The summed E-state index contributed by atoms with van der Waals surface area (Å²) in [7, 11) is 0. The largest absolute Gasteiger partial charge is 0.477 e. The van der Waals surface area contributed by atoms with Crippen LogP contribution in [0.5, 0.6) is 0 Å². The molecule has 1 aliphatic rings. The molecule has 3 nitrogen and oxygen atoms in total. The molecule has 22 heavy (non-hydrogen) atoms. The van der Waals surface area contributed by atoms with E-state index in [-0.39, 0.29) is 12.4 Å². The van der Waals surface area contributed by atoms with E-state index >= 15 is 0 Å². The van der Waals surface area contributed by atoms with Crippen molar-refractivity contribution in [2.75, 3.05) is 13.1 Å². The molecule has 0 atom stereocenters. The van der Waals surface area contributed by atoms with Gasteiger partial charge in [0.2, 0.25) is 0 Å².